The molecule has 0 aromatic heterocycles. The molecule has 0 aromatic carbocycles. The van der Waals surface area contributed by atoms with E-state index in [1.165, 1.54) is 0 Å². The van der Waals surface area contributed by atoms with Gasteiger partial charge in [0.2, 0.25) is 0 Å². The summed E-state index contributed by atoms with van der Waals surface area (Å²) in [5.41, 5.74) is 0. The van der Waals surface area contributed by atoms with Crippen molar-refractivity contribution < 1.29 is 41.6 Å². The molecule has 0 bridgehead atoms. The summed E-state index contributed by atoms with van der Waals surface area (Å²) < 4.78 is 54.5. The van der Waals surface area contributed by atoms with Gasteiger partial charge in [-0.2, -0.15) is 0 Å². The molecule has 0 heterocycles. The predicted molar refractivity (Wildman–Crippen MR) is 38.2 cm³/mol. The van der Waals surface area contributed by atoms with Gasteiger partial charge in [0.15, 0.2) is 0 Å². The van der Waals surface area contributed by atoms with E-state index in [0.717, 1.165) is 0 Å². The van der Waals surface area contributed by atoms with E-state index in [1.807, 2.05) is 0 Å². The summed E-state index contributed by atoms with van der Waals surface area (Å²) in [6.45, 7) is -8.23. The largest absolute Gasteiger partial charge is 0.394 e. The zero-order chi connectivity index (χ0) is 17.0. The Bertz CT molecular complexity index is 333. The Balaban J connectivity index is 6.08. The topological polar surface area (TPSA) is 121 Å². The van der Waals surface area contributed by atoms with Crippen LogP contribution < -0.4 is 0 Å². The van der Waals surface area contributed by atoms with Crippen molar-refractivity contribution in [2.45, 2.75) is 24.3 Å². The van der Waals surface area contributed by atoms with Gasteiger partial charge in [0.1, 0.15) is 24.3 Å². The maximum absolute atomic E-state index is 9.44. The average molecular weight is 190 g/mol. The van der Waals surface area contributed by atoms with Gasteiger partial charge in [-0.1, -0.05) is 0 Å². The van der Waals surface area contributed by atoms with Crippen LogP contribution >= 0.6 is 0 Å². The van der Waals surface area contributed by atoms with E-state index in [9.17, 15) is 20.4 Å². The third-order valence-corrected chi connectivity index (χ3v) is 0.885. The molecule has 6 heteroatoms. The van der Waals surface area contributed by atoms with E-state index in [4.69, 9.17) is 21.2 Å². The Kier molecular flexibility index (Phi) is 1.75. The van der Waals surface area contributed by atoms with Crippen molar-refractivity contribution in [3.63, 3.8) is 0 Å². The molecule has 0 spiro atoms. The number of rotatable bonds is 5. The van der Waals surface area contributed by atoms with E-state index in [2.05, 4.69) is 0 Å². The minimum atomic E-state index is -4.55. The second kappa shape index (κ2) is 5.41. The van der Waals surface area contributed by atoms with Crippen LogP contribution in [-0.4, -0.2) is 68.1 Å². The second-order valence-electron chi connectivity index (χ2n) is 1.62. The summed E-state index contributed by atoms with van der Waals surface area (Å²) in [5.74, 6) is 0. The average Bonchev–Trinajstić information content (AvgIpc) is 2.12. The highest BCUT2D eigenvalue weighted by atomic mass is 16.4. The highest BCUT2D eigenvalue weighted by Crippen LogP contribution is 2.03. The van der Waals surface area contributed by atoms with Gasteiger partial charge < -0.3 is 30.6 Å². The Hall–Kier alpha value is -0.240. The van der Waals surface area contributed by atoms with Crippen LogP contribution in [0.2, 0.25) is 0 Å². The lowest BCUT2D eigenvalue weighted by Crippen LogP contribution is -2.46. The van der Waals surface area contributed by atoms with Crippen molar-refractivity contribution in [2.75, 3.05) is 13.1 Å². The van der Waals surface area contributed by atoms with E-state index in [1.54, 1.807) is 0 Å². The first-order valence-electron chi connectivity index (χ1n) is 6.59. The maximum atomic E-state index is 9.44. The van der Waals surface area contributed by atoms with Crippen molar-refractivity contribution >= 4 is 0 Å². The Morgan fingerprint density at radius 3 is 1.33 bits per heavy atom. The fourth-order valence-electron chi connectivity index (χ4n) is 0.330. The molecule has 0 saturated carbocycles. The third kappa shape index (κ3) is 3.02. The fourth-order valence-corrected chi connectivity index (χ4v) is 0.330. The van der Waals surface area contributed by atoms with Gasteiger partial charge in [-0.15, -0.1) is 0 Å². The second-order valence-corrected chi connectivity index (χ2v) is 1.62. The van der Waals surface area contributed by atoms with Gasteiger partial charge in [-0.25, -0.2) is 0 Å². The summed E-state index contributed by atoms with van der Waals surface area (Å²) in [4.78, 5) is 0. The Labute approximate surface area is 80.6 Å². The minimum Gasteiger partial charge on any atom is -0.394 e. The summed E-state index contributed by atoms with van der Waals surface area (Å²) in [6, 6.07) is 0. The summed E-state index contributed by atoms with van der Waals surface area (Å²) >= 11 is 0. The lowest BCUT2D eigenvalue weighted by atomic mass is 10.0. The van der Waals surface area contributed by atoms with Gasteiger partial charge in [-0.05, 0) is 0 Å². The first-order valence-corrected chi connectivity index (χ1v) is 2.59. The van der Waals surface area contributed by atoms with Crippen LogP contribution in [0.3, 0.4) is 0 Å². The van der Waals surface area contributed by atoms with E-state index in [-0.39, 0.29) is 0 Å². The maximum Gasteiger partial charge on any atom is 0.111 e. The first-order chi connectivity index (χ1) is 8.25. The van der Waals surface area contributed by atoms with Gasteiger partial charge >= 0.3 is 0 Å². The molecule has 74 valence electrons. The summed E-state index contributed by atoms with van der Waals surface area (Å²) in [5, 5.41) is 55.1. The molecule has 6 N–H and O–H groups in total. The van der Waals surface area contributed by atoms with Crippen molar-refractivity contribution in [1.29, 1.82) is 0 Å². The Morgan fingerprint density at radius 2 is 1.17 bits per heavy atom. The van der Waals surface area contributed by atoms with Crippen molar-refractivity contribution in [3.8, 4) is 0 Å². The van der Waals surface area contributed by atoms with Crippen LogP contribution in [0.1, 0.15) is 11.0 Å². The van der Waals surface area contributed by atoms with Crippen molar-refractivity contribution in [1.82, 2.24) is 0 Å². The van der Waals surface area contributed by atoms with E-state index < -0.39 is 37.4 Å². The number of aliphatic hydroxyl groups is 6. The molecule has 0 fully saturated rings. The molecule has 0 amide bonds. The molecule has 0 aromatic rings. The molecule has 4 atom stereocenters. The van der Waals surface area contributed by atoms with Gasteiger partial charge in [0, 0.05) is 0 Å². The highest BCUT2D eigenvalue weighted by molar-refractivity contribution is 4.79. The van der Waals surface area contributed by atoms with Crippen LogP contribution in [0.25, 0.3) is 0 Å². The van der Waals surface area contributed by atoms with E-state index >= 15 is 0 Å². The minimum absolute atomic E-state index is 4.11. The number of hydrogen-bond donors (Lipinski definition) is 6. The first kappa shape index (κ1) is 3.87. The van der Waals surface area contributed by atoms with E-state index in [0.29, 0.717) is 0 Å². The third-order valence-electron chi connectivity index (χ3n) is 0.885. The lowest BCUT2D eigenvalue weighted by Gasteiger charge is -2.24. The molecule has 4 unspecified atom stereocenters. The molecular formula is C6H14O6. The van der Waals surface area contributed by atoms with Crippen LogP contribution in [0.4, 0.5) is 0 Å². The molecule has 12 heavy (non-hydrogen) atoms. The SMILES string of the molecule is [2H]C([2H])(O)C([2H])(O)C([2H])(O)C([2H])(O)C([2H])(O)C([2H])([2H])O. The van der Waals surface area contributed by atoms with Gasteiger partial charge in [0.25, 0.3) is 0 Å². The monoisotopic (exact) mass is 190 g/mol. The number of hydrogen-bond acceptors (Lipinski definition) is 6. The molecule has 0 radical (unpaired) electrons. The zero-order valence-corrected chi connectivity index (χ0v) is 5.68. The predicted octanol–water partition coefficient (Wildman–Crippen LogP) is -3.59. The molecular weight excluding hydrogens is 168 g/mol. The standard InChI is InChI=1S/C6H14O6/c7-1-3(9)5(11)6(12)4(10)2-8/h3-12H,1-2H2/i1D2,2D2,3D,4D,5D,6D. The fraction of sp³-hybridized carbons (Fsp3) is 1.00. The van der Waals surface area contributed by atoms with Crippen molar-refractivity contribution in [3.05, 3.63) is 0 Å². The van der Waals surface area contributed by atoms with Gasteiger partial charge in [0.05, 0.1) is 24.1 Å². The van der Waals surface area contributed by atoms with Crippen LogP contribution in [-0.2, 0) is 0 Å². The molecule has 0 rings (SSSR count). The highest BCUT2D eigenvalue weighted by Gasteiger charge is 2.29. The molecule has 0 aliphatic carbocycles. The van der Waals surface area contributed by atoms with Crippen LogP contribution in [0, 0.1) is 0 Å². The molecule has 0 aliphatic heterocycles. The normalized spacial score (nSPS) is 44.2. The van der Waals surface area contributed by atoms with Crippen LogP contribution in [0.5, 0.6) is 0 Å². The van der Waals surface area contributed by atoms with Crippen LogP contribution in [0.15, 0.2) is 0 Å². The van der Waals surface area contributed by atoms with Crippen molar-refractivity contribution in [2.24, 2.45) is 0 Å². The molecule has 6 nitrogen and oxygen atoms in total. The quantitative estimate of drug-likeness (QED) is 0.266. The van der Waals surface area contributed by atoms with Gasteiger partial charge in [-0.3, -0.25) is 0 Å². The zero-order valence-electron chi connectivity index (χ0n) is 13.7. The molecule has 0 aliphatic rings. The summed E-state index contributed by atoms with van der Waals surface area (Å²) in [6.07, 6.45) is -17.9. The summed E-state index contributed by atoms with van der Waals surface area (Å²) in [7, 11) is 0. The lowest BCUT2D eigenvalue weighted by molar-refractivity contribution is -0.123. The molecule has 0 saturated heterocycles. The Morgan fingerprint density at radius 1 is 0.917 bits per heavy atom. The smallest absolute Gasteiger partial charge is 0.111 e.